The van der Waals surface area contributed by atoms with Crippen LogP contribution >= 0.6 is 0 Å². The number of likely N-dealkylation sites (tertiary alicyclic amines) is 1. The number of ether oxygens (including phenoxy) is 1. The lowest BCUT2D eigenvalue weighted by Crippen LogP contribution is -2.43. The van der Waals surface area contributed by atoms with Crippen LogP contribution in [0.4, 0.5) is 5.69 Å². The van der Waals surface area contributed by atoms with Crippen molar-refractivity contribution in [3.05, 3.63) is 59.7 Å². The number of nitrogens with two attached hydrogens (primary N) is 1. The van der Waals surface area contributed by atoms with Gasteiger partial charge in [-0.3, -0.25) is 14.5 Å². The van der Waals surface area contributed by atoms with Crippen molar-refractivity contribution in [2.24, 2.45) is 5.14 Å². The molecule has 0 aliphatic carbocycles. The molecule has 1 fully saturated rings. The zero-order valence-electron chi connectivity index (χ0n) is 15.1. The van der Waals surface area contributed by atoms with Gasteiger partial charge < -0.3 is 10.1 Å². The van der Waals surface area contributed by atoms with Gasteiger partial charge in [0.05, 0.1) is 10.5 Å². The van der Waals surface area contributed by atoms with Gasteiger partial charge in [-0.15, -0.1) is 0 Å². The molecule has 0 radical (unpaired) electrons. The summed E-state index contributed by atoms with van der Waals surface area (Å²) >= 11 is 0. The fourth-order valence-corrected chi connectivity index (χ4v) is 4.06. The summed E-state index contributed by atoms with van der Waals surface area (Å²) in [4.78, 5) is 38.6. The first-order valence-electron chi connectivity index (χ1n) is 8.80. The van der Waals surface area contributed by atoms with Gasteiger partial charge in [0, 0.05) is 17.7 Å². The van der Waals surface area contributed by atoms with Gasteiger partial charge in [0.25, 0.3) is 0 Å². The van der Waals surface area contributed by atoms with Gasteiger partial charge in [-0.1, -0.05) is 18.2 Å². The number of hydrogen-bond donors (Lipinski definition) is 2. The Balaban J connectivity index is 1.56. The molecule has 1 saturated heterocycles. The zero-order valence-corrected chi connectivity index (χ0v) is 15.9. The van der Waals surface area contributed by atoms with Crippen LogP contribution in [-0.4, -0.2) is 37.1 Å². The van der Waals surface area contributed by atoms with Gasteiger partial charge in [-0.05, 0) is 36.8 Å². The van der Waals surface area contributed by atoms with Gasteiger partial charge in [-0.25, -0.2) is 18.4 Å². The van der Waals surface area contributed by atoms with Crippen LogP contribution in [0.1, 0.15) is 35.0 Å². The van der Waals surface area contributed by atoms with Crippen molar-refractivity contribution in [3.8, 4) is 0 Å². The Labute approximate surface area is 166 Å². The van der Waals surface area contributed by atoms with Crippen molar-refractivity contribution >= 4 is 33.5 Å². The Morgan fingerprint density at radius 2 is 1.79 bits per heavy atom. The first-order chi connectivity index (χ1) is 13.8. The minimum absolute atomic E-state index is 0.0809. The van der Waals surface area contributed by atoms with Crippen molar-refractivity contribution in [1.82, 2.24) is 4.90 Å². The third-order valence-electron chi connectivity index (χ3n) is 4.93. The maximum absolute atomic E-state index is 12.8. The first-order valence-corrected chi connectivity index (χ1v) is 10.3. The monoisotopic (exact) mass is 415 g/mol. The zero-order chi connectivity index (χ0) is 20.8. The summed E-state index contributed by atoms with van der Waals surface area (Å²) in [5.74, 6) is -1.29. The number of fused-ring (bicyclic) bond motifs is 1. The predicted octanol–water partition coefficient (Wildman–Crippen LogP) is 1.13. The molecule has 2 atom stereocenters. The first kappa shape index (κ1) is 19.1. The van der Waals surface area contributed by atoms with E-state index in [1.54, 1.807) is 24.3 Å². The van der Waals surface area contributed by atoms with E-state index >= 15 is 0 Å². The summed E-state index contributed by atoms with van der Waals surface area (Å²) in [6.07, 6.45) is -0.524. The normalized spacial score (nSPS) is 21.1. The van der Waals surface area contributed by atoms with Crippen molar-refractivity contribution < 1.29 is 27.5 Å². The van der Waals surface area contributed by atoms with E-state index in [4.69, 9.17) is 9.88 Å². The van der Waals surface area contributed by atoms with Crippen LogP contribution in [0.25, 0.3) is 0 Å². The van der Waals surface area contributed by atoms with Crippen molar-refractivity contribution in [2.75, 3.05) is 5.32 Å². The molecule has 2 amide bonds. The van der Waals surface area contributed by atoms with E-state index in [2.05, 4.69) is 5.32 Å². The molecular weight excluding hydrogens is 398 g/mol. The lowest BCUT2D eigenvalue weighted by atomic mass is 10.1. The number of primary sulfonamides is 1. The molecule has 10 heteroatoms. The van der Waals surface area contributed by atoms with E-state index < -0.39 is 34.2 Å². The maximum Gasteiger partial charge on any atom is 0.340 e. The highest BCUT2D eigenvalue weighted by molar-refractivity contribution is 7.89. The van der Waals surface area contributed by atoms with Crippen molar-refractivity contribution in [1.29, 1.82) is 0 Å². The highest BCUT2D eigenvalue weighted by atomic mass is 32.2. The molecule has 2 heterocycles. The summed E-state index contributed by atoms with van der Waals surface area (Å²) in [6.45, 7) is 0. The lowest BCUT2D eigenvalue weighted by molar-refractivity contribution is -0.144. The van der Waals surface area contributed by atoms with Gasteiger partial charge in [0.1, 0.15) is 6.04 Å². The number of carbonyl (C=O) groups is 3. The van der Waals surface area contributed by atoms with Crippen LogP contribution in [0, 0.1) is 0 Å². The Bertz CT molecular complexity index is 1110. The van der Waals surface area contributed by atoms with E-state index in [1.165, 1.54) is 29.2 Å². The quantitative estimate of drug-likeness (QED) is 0.719. The SMILES string of the molecule is NS(=O)(=O)c1ccc(NC(=O)[C@H]2CCC(=O)N2[C@@H]2OC(=O)c3ccccc32)cc1. The average molecular weight is 415 g/mol. The standard InChI is InChI=1S/C19H17N3O6S/c20-29(26,27)12-7-5-11(6-8-12)21-17(24)15-9-10-16(23)22(15)18-13-3-1-2-4-14(13)19(25)28-18/h1-8,15,18H,9-10H2,(H,21,24)(H2,20,26,27)/t15-,18-/m1/s1. The fourth-order valence-electron chi connectivity index (χ4n) is 3.54. The summed E-state index contributed by atoms with van der Waals surface area (Å²) in [5, 5.41) is 7.72. The fraction of sp³-hybridized carbons (Fsp3) is 0.211. The minimum atomic E-state index is -3.84. The van der Waals surface area contributed by atoms with Crippen LogP contribution in [0.15, 0.2) is 53.4 Å². The Morgan fingerprint density at radius 3 is 2.48 bits per heavy atom. The van der Waals surface area contributed by atoms with Gasteiger partial charge in [-0.2, -0.15) is 0 Å². The van der Waals surface area contributed by atoms with Gasteiger partial charge in [0.2, 0.25) is 28.1 Å². The summed E-state index contributed by atoms with van der Waals surface area (Å²) < 4.78 is 28.0. The van der Waals surface area contributed by atoms with Crippen LogP contribution in [0.2, 0.25) is 0 Å². The average Bonchev–Trinajstić information content (AvgIpc) is 3.22. The van der Waals surface area contributed by atoms with Gasteiger partial charge in [0.15, 0.2) is 0 Å². The smallest absolute Gasteiger partial charge is 0.340 e. The summed E-state index contributed by atoms with van der Waals surface area (Å²) in [5.41, 5.74) is 1.27. The Kier molecular flexibility index (Phi) is 4.59. The van der Waals surface area contributed by atoms with Crippen LogP contribution in [-0.2, 0) is 24.3 Å². The molecule has 9 nitrogen and oxygen atoms in total. The van der Waals surface area contributed by atoms with Gasteiger partial charge >= 0.3 is 5.97 Å². The number of hydrogen-bond acceptors (Lipinski definition) is 6. The minimum Gasteiger partial charge on any atom is -0.433 e. The van der Waals surface area contributed by atoms with E-state index in [9.17, 15) is 22.8 Å². The molecule has 0 unspecified atom stereocenters. The molecule has 2 aromatic rings. The number of anilines is 1. The lowest BCUT2D eigenvalue weighted by Gasteiger charge is -2.29. The highest BCUT2D eigenvalue weighted by Crippen LogP contribution is 2.38. The van der Waals surface area contributed by atoms with E-state index in [1.807, 2.05) is 0 Å². The molecule has 0 aromatic heterocycles. The number of esters is 1. The number of sulfonamides is 1. The Hall–Kier alpha value is -3.24. The topological polar surface area (TPSA) is 136 Å². The number of rotatable bonds is 4. The van der Waals surface area contributed by atoms with E-state index in [-0.39, 0.29) is 23.6 Å². The second kappa shape index (κ2) is 6.98. The molecule has 0 saturated carbocycles. The molecule has 3 N–H and O–H groups in total. The molecular formula is C19H17N3O6S. The molecule has 2 aromatic carbocycles. The number of benzene rings is 2. The number of nitrogens with zero attached hydrogens (tertiary/aromatic N) is 1. The highest BCUT2D eigenvalue weighted by Gasteiger charge is 2.46. The molecule has 150 valence electrons. The summed E-state index contributed by atoms with van der Waals surface area (Å²) in [7, 11) is -3.84. The second-order valence-corrected chi connectivity index (χ2v) is 8.32. The molecule has 0 spiro atoms. The molecule has 29 heavy (non-hydrogen) atoms. The molecule has 0 bridgehead atoms. The predicted molar refractivity (Wildman–Crippen MR) is 101 cm³/mol. The Morgan fingerprint density at radius 1 is 1.10 bits per heavy atom. The van der Waals surface area contributed by atoms with Crippen LogP contribution < -0.4 is 10.5 Å². The second-order valence-electron chi connectivity index (χ2n) is 6.76. The van der Waals surface area contributed by atoms with E-state index in [0.717, 1.165) is 0 Å². The number of cyclic esters (lactones) is 1. The van der Waals surface area contributed by atoms with Crippen LogP contribution in [0.5, 0.6) is 0 Å². The third kappa shape index (κ3) is 3.47. The third-order valence-corrected chi connectivity index (χ3v) is 5.86. The summed E-state index contributed by atoms with van der Waals surface area (Å²) in [6, 6.07) is 11.3. The molecule has 4 rings (SSSR count). The maximum atomic E-state index is 12.8. The van der Waals surface area contributed by atoms with Crippen molar-refractivity contribution in [3.63, 3.8) is 0 Å². The number of amides is 2. The molecule has 2 aliphatic rings. The molecule has 2 aliphatic heterocycles. The van der Waals surface area contributed by atoms with Crippen LogP contribution in [0.3, 0.4) is 0 Å². The van der Waals surface area contributed by atoms with Crippen molar-refractivity contribution in [2.45, 2.75) is 30.0 Å². The number of nitrogens with one attached hydrogen (secondary N) is 1. The number of carbonyl (C=O) groups excluding carboxylic acids is 3. The van der Waals surface area contributed by atoms with E-state index in [0.29, 0.717) is 16.8 Å². The largest absolute Gasteiger partial charge is 0.433 e.